The first-order chi connectivity index (χ1) is 12.7. The molecule has 0 radical (unpaired) electrons. The van der Waals surface area contributed by atoms with E-state index in [-0.39, 0.29) is 11.6 Å². The minimum atomic E-state index is -0.414. The molecule has 0 bridgehead atoms. The number of hydrogen-bond acceptors (Lipinski definition) is 4. The van der Waals surface area contributed by atoms with E-state index >= 15 is 0 Å². The predicted octanol–water partition coefficient (Wildman–Crippen LogP) is 2.93. The molecule has 26 heavy (non-hydrogen) atoms. The van der Waals surface area contributed by atoms with Gasteiger partial charge in [-0.05, 0) is 35.4 Å². The quantitative estimate of drug-likeness (QED) is 0.732. The van der Waals surface area contributed by atoms with Crippen molar-refractivity contribution in [2.24, 2.45) is 0 Å². The molecular weight excluding hydrogens is 338 g/mol. The Labute approximate surface area is 152 Å². The average molecular weight is 362 g/mol. The van der Waals surface area contributed by atoms with Gasteiger partial charge in [-0.3, -0.25) is 4.90 Å². The molecule has 1 saturated heterocycles. The van der Waals surface area contributed by atoms with Crippen molar-refractivity contribution in [2.45, 2.75) is 19.5 Å². The van der Waals surface area contributed by atoms with Crippen LogP contribution in [-0.2, 0) is 22.7 Å². The van der Waals surface area contributed by atoms with E-state index in [2.05, 4.69) is 10.2 Å². The molecule has 4 nitrogen and oxygen atoms in total. The molecule has 2 aromatic rings. The number of hydrogen-bond donors (Lipinski definition) is 1. The summed E-state index contributed by atoms with van der Waals surface area (Å²) in [5.41, 5.74) is 1.78. The largest absolute Gasteiger partial charge is 0.347 e. The van der Waals surface area contributed by atoms with Crippen LogP contribution in [0.5, 0.6) is 0 Å². The number of benzene rings is 2. The van der Waals surface area contributed by atoms with Gasteiger partial charge in [0.2, 0.25) is 0 Å². The summed E-state index contributed by atoms with van der Waals surface area (Å²) < 4.78 is 37.9. The minimum Gasteiger partial charge on any atom is -0.347 e. The van der Waals surface area contributed by atoms with Gasteiger partial charge in [0.25, 0.3) is 0 Å². The number of rotatable bonds is 8. The van der Waals surface area contributed by atoms with Crippen molar-refractivity contribution >= 4 is 0 Å². The van der Waals surface area contributed by atoms with E-state index in [1.54, 1.807) is 24.3 Å². The standard InChI is InChI=1S/C20H24F2N2O2/c21-18-5-1-16(2-6-18)14-25-20(13-24-11-9-23-10-12-24)26-15-17-3-7-19(22)8-4-17/h1-8,20,23H,9-15H2. The summed E-state index contributed by atoms with van der Waals surface area (Å²) in [4.78, 5) is 2.29. The molecule has 0 unspecified atom stereocenters. The summed E-state index contributed by atoms with van der Waals surface area (Å²) in [6.45, 7) is 5.13. The Bertz CT molecular complexity index is 609. The molecule has 0 aliphatic carbocycles. The van der Waals surface area contributed by atoms with Crippen LogP contribution in [0.25, 0.3) is 0 Å². The Kier molecular flexibility index (Phi) is 7.08. The fourth-order valence-corrected chi connectivity index (χ4v) is 2.80. The highest BCUT2D eigenvalue weighted by Gasteiger charge is 2.17. The van der Waals surface area contributed by atoms with Crippen LogP contribution in [0.15, 0.2) is 48.5 Å². The van der Waals surface area contributed by atoms with Gasteiger partial charge in [-0.25, -0.2) is 8.78 Å². The second-order valence-corrected chi connectivity index (χ2v) is 6.36. The number of nitrogens with zero attached hydrogens (tertiary/aromatic N) is 1. The van der Waals surface area contributed by atoms with Crippen molar-refractivity contribution < 1.29 is 18.3 Å². The maximum atomic E-state index is 13.0. The predicted molar refractivity (Wildman–Crippen MR) is 95.5 cm³/mol. The number of halogens is 2. The molecule has 0 amide bonds. The van der Waals surface area contributed by atoms with Crippen molar-refractivity contribution in [3.05, 3.63) is 71.3 Å². The Balaban J connectivity index is 1.56. The maximum absolute atomic E-state index is 13.0. The van der Waals surface area contributed by atoms with E-state index in [1.165, 1.54) is 24.3 Å². The molecule has 1 aliphatic heterocycles. The van der Waals surface area contributed by atoms with E-state index in [4.69, 9.17) is 9.47 Å². The van der Waals surface area contributed by atoms with E-state index < -0.39 is 6.29 Å². The van der Waals surface area contributed by atoms with Crippen molar-refractivity contribution in [3.8, 4) is 0 Å². The highest BCUT2D eigenvalue weighted by molar-refractivity contribution is 5.15. The lowest BCUT2D eigenvalue weighted by Gasteiger charge is -2.30. The molecule has 1 fully saturated rings. The zero-order valence-electron chi connectivity index (χ0n) is 14.7. The van der Waals surface area contributed by atoms with Crippen LogP contribution < -0.4 is 5.32 Å². The topological polar surface area (TPSA) is 33.7 Å². The SMILES string of the molecule is Fc1ccc(COC(CN2CCNCC2)OCc2ccc(F)cc2)cc1. The average Bonchev–Trinajstić information content (AvgIpc) is 2.67. The number of ether oxygens (including phenoxy) is 2. The zero-order valence-corrected chi connectivity index (χ0v) is 14.7. The van der Waals surface area contributed by atoms with Crippen molar-refractivity contribution in [1.82, 2.24) is 10.2 Å². The van der Waals surface area contributed by atoms with Gasteiger partial charge in [-0.2, -0.15) is 0 Å². The van der Waals surface area contributed by atoms with Crippen LogP contribution >= 0.6 is 0 Å². The molecule has 3 rings (SSSR count). The number of nitrogens with one attached hydrogen (secondary N) is 1. The smallest absolute Gasteiger partial charge is 0.171 e. The molecule has 0 atom stereocenters. The zero-order chi connectivity index (χ0) is 18.2. The molecule has 0 saturated carbocycles. The Hall–Kier alpha value is -1.86. The molecule has 1 aliphatic rings. The van der Waals surface area contributed by atoms with Gasteiger partial charge in [-0.15, -0.1) is 0 Å². The maximum Gasteiger partial charge on any atom is 0.171 e. The first-order valence-corrected chi connectivity index (χ1v) is 8.84. The molecular formula is C20H24F2N2O2. The van der Waals surface area contributed by atoms with E-state index in [1.807, 2.05) is 0 Å². The second kappa shape index (κ2) is 9.73. The van der Waals surface area contributed by atoms with Crippen LogP contribution in [0.2, 0.25) is 0 Å². The van der Waals surface area contributed by atoms with Crippen LogP contribution in [-0.4, -0.2) is 43.9 Å². The van der Waals surface area contributed by atoms with E-state index in [9.17, 15) is 8.78 Å². The normalized spacial score (nSPS) is 15.5. The van der Waals surface area contributed by atoms with Crippen molar-refractivity contribution in [2.75, 3.05) is 32.7 Å². The van der Waals surface area contributed by atoms with Gasteiger partial charge in [-0.1, -0.05) is 24.3 Å². The Morgan fingerprint density at radius 3 is 1.73 bits per heavy atom. The minimum absolute atomic E-state index is 0.265. The van der Waals surface area contributed by atoms with Crippen LogP contribution in [0.1, 0.15) is 11.1 Å². The van der Waals surface area contributed by atoms with Gasteiger partial charge in [0.05, 0.1) is 13.2 Å². The highest BCUT2D eigenvalue weighted by Crippen LogP contribution is 2.11. The highest BCUT2D eigenvalue weighted by atomic mass is 19.1. The second-order valence-electron chi connectivity index (χ2n) is 6.36. The summed E-state index contributed by atoms with van der Waals surface area (Å²) >= 11 is 0. The molecule has 0 aromatic heterocycles. The van der Waals surface area contributed by atoms with E-state index in [0.717, 1.165) is 37.3 Å². The van der Waals surface area contributed by atoms with Crippen molar-refractivity contribution in [3.63, 3.8) is 0 Å². The third kappa shape index (κ3) is 6.14. The summed E-state index contributed by atoms with van der Waals surface area (Å²) in [5, 5.41) is 3.32. The summed E-state index contributed by atoms with van der Waals surface area (Å²) in [6, 6.07) is 12.5. The van der Waals surface area contributed by atoms with Gasteiger partial charge in [0.15, 0.2) is 6.29 Å². The van der Waals surface area contributed by atoms with Gasteiger partial charge < -0.3 is 14.8 Å². The summed E-state index contributed by atoms with van der Waals surface area (Å²) in [7, 11) is 0. The van der Waals surface area contributed by atoms with Gasteiger partial charge in [0.1, 0.15) is 11.6 Å². The third-order valence-corrected chi connectivity index (χ3v) is 4.32. The summed E-state index contributed by atoms with van der Waals surface area (Å²) in [5.74, 6) is -0.530. The number of piperazine rings is 1. The summed E-state index contributed by atoms with van der Waals surface area (Å²) in [6.07, 6.45) is -0.414. The lowest BCUT2D eigenvalue weighted by atomic mass is 10.2. The molecule has 2 aromatic carbocycles. The molecule has 1 N–H and O–H groups in total. The molecule has 6 heteroatoms. The molecule has 1 heterocycles. The van der Waals surface area contributed by atoms with Crippen LogP contribution in [0.3, 0.4) is 0 Å². The molecule has 140 valence electrons. The van der Waals surface area contributed by atoms with E-state index in [0.29, 0.717) is 19.8 Å². The fraction of sp³-hybridized carbons (Fsp3) is 0.400. The fourth-order valence-electron chi connectivity index (χ4n) is 2.80. The first kappa shape index (κ1) is 18.9. The van der Waals surface area contributed by atoms with Crippen LogP contribution in [0.4, 0.5) is 8.78 Å². The third-order valence-electron chi connectivity index (χ3n) is 4.32. The Morgan fingerprint density at radius 1 is 0.808 bits per heavy atom. The lowest BCUT2D eigenvalue weighted by molar-refractivity contribution is -0.167. The Morgan fingerprint density at radius 2 is 1.27 bits per heavy atom. The first-order valence-electron chi connectivity index (χ1n) is 8.84. The van der Waals surface area contributed by atoms with Crippen LogP contribution in [0, 0.1) is 11.6 Å². The monoisotopic (exact) mass is 362 g/mol. The molecule has 0 spiro atoms. The van der Waals surface area contributed by atoms with Crippen molar-refractivity contribution in [1.29, 1.82) is 0 Å². The van der Waals surface area contributed by atoms with Gasteiger partial charge >= 0.3 is 0 Å². The van der Waals surface area contributed by atoms with Gasteiger partial charge in [0, 0.05) is 32.7 Å². The lowest BCUT2D eigenvalue weighted by Crippen LogP contribution is -2.47.